The number of benzene rings is 3. The van der Waals surface area contributed by atoms with E-state index in [9.17, 15) is 14.4 Å². The molecule has 0 aromatic heterocycles. The Morgan fingerprint density at radius 1 is 0.912 bits per heavy atom. The molecule has 0 bridgehead atoms. The van der Waals surface area contributed by atoms with Gasteiger partial charge in [0.15, 0.2) is 6.10 Å². The summed E-state index contributed by atoms with van der Waals surface area (Å²) in [4.78, 5) is 45.5. The molecule has 5 rings (SSSR count). The van der Waals surface area contributed by atoms with E-state index in [1.807, 2.05) is 49.4 Å². The van der Waals surface area contributed by atoms with Crippen molar-refractivity contribution in [2.45, 2.75) is 19.1 Å². The zero-order valence-corrected chi connectivity index (χ0v) is 18.5. The minimum atomic E-state index is -1.03. The van der Waals surface area contributed by atoms with Crippen molar-refractivity contribution in [3.05, 3.63) is 90.0 Å². The van der Waals surface area contributed by atoms with Crippen molar-refractivity contribution in [3.8, 4) is 11.5 Å². The van der Waals surface area contributed by atoms with Gasteiger partial charge in [0.2, 0.25) is 11.8 Å². The van der Waals surface area contributed by atoms with E-state index in [0.29, 0.717) is 22.7 Å². The van der Waals surface area contributed by atoms with Crippen molar-refractivity contribution in [1.82, 2.24) is 5.06 Å². The lowest BCUT2D eigenvalue weighted by Gasteiger charge is -2.26. The number of hydroxylamine groups is 2. The Labute approximate surface area is 196 Å². The first-order valence-electron chi connectivity index (χ1n) is 10.9. The fourth-order valence-corrected chi connectivity index (χ4v) is 4.54. The lowest BCUT2D eigenvalue weighted by molar-refractivity contribution is -0.175. The predicted octanol–water partition coefficient (Wildman–Crippen LogP) is 3.12. The Hall–Kier alpha value is -4.01. The van der Waals surface area contributed by atoms with E-state index < -0.39 is 29.9 Å². The third kappa shape index (κ3) is 3.83. The Kier molecular flexibility index (Phi) is 5.61. The molecule has 2 N–H and O–H groups in total. The van der Waals surface area contributed by atoms with Crippen LogP contribution in [0.4, 0.5) is 5.69 Å². The average Bonchev–Trinajstić information content (AvgIpc) is 3.30. The van der Waals surface area contributed by atoms with Gasteiger partial charge < -0.3 is 10.5 Å². The molecule has 34 heavy (non-hydrogen) atoms. The number of nitrogens with zero attached hydrogens (tertiary/aromatic N) is 2. The Morgan fingerprint density at radius 2 is 1.56 bits per heavy atom. The summed E-state index contributed by atoms with van der Waals surface area (Å²) in [5, 5.41) is 1.34. The van der Waals surface area contributed by atoms with Gasteiger partial charge in [0.05, 0.1) is 17.6 Å². The quantitative estimate of drug-likeness (QED) is 0.571. The second kappa shape index (κ2) is 8.74. The van der Waals surface area contributed by atoms with Gasteiger partial charge in [0.25, 0.3) is 5.91 Å². The highest BCUT2D eigenvalue weighted by Crippen LogP contribution is 2.46. The van der Waals surface area contributed by atoms with Crippen LogP contribution in [0.1, 0.15) is 17.2 Å². The number of hydrogen-bond acceptors (Lipinski definition) is 6. The Bertz CT molecular complexity index is 1240. The summed E-state index contributed by atoms with van der Waals surface area (Å²) in [6, 6.07) is 23.1. The van der Waals surface area contributed by atoms with Crippen LogP contribution in [0.2, 0.25) is 0 Å². The van der Waals surface area contributed by atoms with Crippen molar-refractivity contribution in [3.63, 3.8) is 0 Å². The van der Waals surface area contributed by atoms with Crippen LogP contribution < -0.4 is 15.4 Å². The summed E-state index contributed by atoms with van der Waals surface area (Å²) in [7, 11) is 0. The number of anilines is 1. The van der Waals surface area contributed by atoms with E-state index in [0.717, 1.165) is 5.56 Å². The molecule has 0 aliphatic carbocycles. The van der Waals surface area contributed by atoms with Gasteiger partial charge in [-0.3, -0.25) is 19.2 Å². The summed E-state index contributed by atoms with van der Waals surface area (Å²) >= 11 is 0. The smallest absolute Gasteiger partial charge is 0.265 e. The van der Waals surface area contributed by atoms with E-state index in [-0.39, 0.29) is 12.5 Å². The number of rotatable bonds is 6. The molecule has 2 aliphatic heterocycles. The molecule has 8 nitrogen and oxygen atoms in total. The van der Waals surface area contributed by atoms with E-state index in [4.69, 9.17) is 15.3 Å². The second-order valence-corrected chi connectivity index (χ2v) is 8.32. The van der Waals surface area contributed by atoms with Gasteiger partial charge in [-0.15, -0.1) is 0 Å². The van der Waals surface area contributed by atoms with E-state index in [1.165, 1.54) is 9.96 Å². The summed E-state index contributed by atoms with van der Waals surface area (Å²) < 4.78 is 5.85. The Balaban J connectivity index is 1.47. The number of aryl methyl sites for hydroxylation is 1. The van der Waals surface area contributed by atoms with E-state index in [2.05, 4.69) is 0 Å². The van der Waals surface area contributed by atoms with Crippen LogP contribution in [0.15, 0.2) is 78.9 Å². The van der Waals surface area contributed by atoms with Gasteiger partial charge in [0, 0.05) is 0 Å². The zero-order chi connectivity index (χ0) is 23.8. The molecule has 3 amide bonds. The lowest BCUT2D eigenvalue weighted by atomic mass is 9.90. The van der Waals surface area contributed by atoms with Gasteiger partial charge in [-0.1, -0.05) is 48.5 Å². The first-order valence-corrected chi connectivity index (χ1v) is 10.9. The number of para-hydroxylation sites is 2. The standard InChI is InChI=1S/C26H23N3O5/c1-16-7-5-6-10-20(16)29-25(31)22-23(28(15-21(27)30)34-24(22)26(29)32)17-11-13-19(14-12-17)33-18-8-3-2-4-9-18/h2-14,22-24H,15H2,1H3,(H2,27,30). The molecule has 2 heterocycles. The van der Waals surface area contributed by atoms with Crippen LogP contribution in [0.3, 0.4) is 0 Å². The number of carbonyl (C=O) groups excluding carboxylic acids is 3. The number of carbonyl (C=O) groups is 3. The van der Waals surface area contributed by atoms with Crippen molar-refractivity contribution >= 4 is 23.4 Å². The third-order valence-corrected chi connectivity index (χ3v) is 6.06. The lowest BCUT2D eigenvalue weighted by Crippen LogP contribution is -2.40. The monoisotopic (exact) mass is 457 g/mol. The second-order valence-electron chi connectivity index (χ2n) is 8.32. The largest absolute Gasteiger partial charge is 0.457 e. The van der Waals surface area contributed by atoms with Crippen molar-refractivity contribution < 1.29 is 24.0 Å². The molecular weight excluding hydrogens is 434 g/mol. The molecule has 0 radical (unpaired) electrons. The predicted molar refractivity (Wildman–Crippen MR) is 124 cm³/mol. The van der Waals surface area contributed by atoms with Crippen molar-refractivity contribution in [2.24, 2.45) is 11.7 Å². The molecule has 3 aromatic rings. The number of nitrogens with two attached hydrogens (primary N) is 1. The summed E-state index contributed by atoms with van der Waals surface area (Å²) in [6.07, 6.45) is -1.03. The summed E-state index contributed by atoms with van der Waals surface area (Å²) in [5.74, 6) is -0.948. The number of amides is 3. The molecular formula is C26H23N3O5. The Morgan fingerprint density at radius 3 is 2.24 bits per heavy atom. The molecule has 3 aromatic carbocycles. The highest BCUT2D eigenvalue weighted by molar-refractivity contribution is 6.24. The highest BCUT2D eigenvalue weighted by Gasteiger charge is 2.60. The fraction of sp³-hybridized carbons (Fsp3) is 0.192. The van der Waals surface area contributed by atoms with Crippen LogP contribution in [-0.2, 0) is 19.2 Å². The van der Waals surface area contributed by atoms with Crippen LogP contribution >= 0.6 is 0 Å². The first-order chi connectivity index (χ1) is 16.4. The molecule has 0 saturated carbocycles. The van der Waals surface area contributed by atoms with Crippen molar-refractivity contribution in [2.75, 3.05) is 11.4 Å². The first kappa shape index (κ1) is 21.8. The third-order valence-electron chi connectivity index (χ3n) is 6.06. The SMILES string of the molecule is Cc1ccccc1N1C(=O)C2ON(CC(N)=O)C(c3ccc(Oc4ccccc4)cc3)C2C1=O. The maximum Gasteiger partial charge on any atom is 0.265 e. The molecule has 3 unspecified atom stereocenters. The molecule has 8 heteroatoms. The topological polar surface area (TPSA) is 102 Å². The number of ether oxygens (including phenoxy) is 1. The van der Waals surface area contributed by atoms with Gasteiger partial charge in [-0.05, 0) is 48.4 Å². The van der Waals surface area contributed by atoms with Gasteiger partial charge in [-0.2, -0.15) is 5.06 Å². The normalized spacial score (nSPS) is 22.1. The average molecular weight is 457 g/mol. The van der Waals surface area contributed by atoms with Gasteiger partial charge >= 0.3 is 0 Å². The number of fused-ring (bicyclic) bond motifs is 1. The molecule has 3 atom stereocenters. The maximum atomic E-state index is 13.5. The minimum absolute atomic E-state index is 0.245. The number of imide groups is 1. The van der Waals surface area contributed by atoms with Crippen molar-refractivity contribution in [1.29, 1.82) is 0 Å². The van der Waals surface area contributed by atoms with Gasteiger partial charge in [0.1, 0.15) is 18.0 Å². The fourth-order valence-electron chi connectivity index (χ4n) is 4.54. The molecule has 2 saturated heterocycles. The molecule has 172 valence electrons. The maximum absolute atomic E-state index is 13.5. The number of primary amides is 1. The van der Waals surface area contributed by atoms with Crippen LogP contribution in [0.5, 0.6) is 11.5 Å². The van der Waals surface area contributed by atoms with Crippen LogP contribution in [0.25, 0.3) is 0 Å². The van der Waals surface area contributed by atoms with Gasteiger partial charge in [-0.25, -0.2) is 4.90 Å². The minimum Gasteiger partial charge on any atom is -0.457 e. The molecule has 2 aliphatic rings. The van der Waals surface area contributed by atoms with E-state index >= 15 is 0 Å². The zero-order valence-electron chi connectivity index (χ0n) is 18.5. The summed E-state index contributed by atoms with van der Waals surface area (Å²) in [6.45, 7) is 1.60. The van der Waals surface area contributed by atoms with Crippen LogP contribution in [0, 0.1) is 12.8 Å². The molecule has 2 fully saturated rings. The molecule has 0 spiro atoms. The number of hydrogen-bond donors (Lipinski definition) is 1. The summed E-state index contributed by atoms with van der Waals surface area (Å²) in [5.41, 5.74) is 7.46. The van der Waals surface area contributed by atoms with Crippen LogP contribution in [-0.4, -0.2) is 35.4 Å². The van der Waals surface area contributed by atoms with E-state index in [1.54, 1.807) is 36.4 Å². The highest BCUT2D eigenvalue weighted by atomic mass is 16.7.